The first-order valence-corrected chi connectivity index (χ1v) is 12.3. The van der Waals surface area contributed by atoms with E-state index < -0.39 is 17.5 Å². The molecule has 34 heavy (non-hydrogen) atoms. The van der Waals surface area contributed by atoms with Gasteiger partial charge in [0, 0.05) is 15.6 Å². The molecule has 2 heterocycles. The van der Waals surface area contributed by atoms with Crippen LogP contribution >= 0.6 is 46.6 Å². The molecule has 2 aromatic carbocycles. The van der Waals surface area contributed by atoms with E-state index >= 15 is 0 Å². The number of hydrogen-bond acceptors (Lipinski definition) is 5. The van der Waals surface area contributed by atoms with E-state index in [1.54, 1.807) is 35.0 Å². The van der Waals surface area contributed by atoms with Gasteiger partial charge in [0.25, 0.3) is 5.89 Å². The Bertz CT molecular complexity index is 1380. The van der Waals surface area contributed by atoms with E-state index in [0.717, 1.165) is 5.56 Å². The number of alkyl halides is 3. The zero-order valence-electron chi connectivity index (χ0n) is 17.3. The smallest absolute Gasteiger partial charge is 0.403 e. The first-order chi connectivity index (χ1) is 16.1. The third-order valence-corrected chi connectivity index (χ3v) is 7.22. The Kier molecular flexibility index (Phi) is 5.87. The maximum absolute atomic E-state index is 13.6. The number of halogens is 6. The molecule has 0 aliphatic heterocycles. The van der Waals surface area contributed by atoms with Gasteiger partial charge >= 0.3 is 6.18 Å². The number of benzene rings is 2. The van der Waals surface area contributed by atoms with E-state index in [4.69, 9.17) is 39.2 Å². The monoisotopic (exact) mass is 544 g/mol. The fourth-order valence-corrected chi connectivity index (χ4v) is 5.02. The Morgan fingerprint density at radius 1 is 1.00 bits per heavy atom. The minimum Gasteiger partial charge on any atom is -0.418 e. The lowest BCUT2D eigenvalue weighted by molar-refractivity contribution is -0.165. The SMILES string of the molecule is CSc1c(-c2nnc(C3(C(F)(F)F)CC3)o2)nn(-c2ccc(Cl)cc2Cl)c1-c1ccc(Cl)cc1. The molecule has 1 aliphatic carbocycles. The van der Waals surface area contributed by atoms with Crippen LogP contribution in [0.4, 0.5) is 13.2 Å². The van der Waals surface area contributed by atoms with Crippen LogP contribution < -0.4 is 0 Å². The van der Waals surface area contributed by atoms with Crippen LogP contribution in [0.3, 0.4) is 0 Å². The summed E-state index contributed by atoms with van der Waals surface area (Å²) in [6, 6.07) is 12.0. The number of thioether (sulfide) groups is 1. The molecule has 5 rings (SSSR count). The molecular weight excluding hydrogens is 532 g/mol. The van der Waals surface area contributed by atoms with Crippen molar-refractivity contribution in [3.8, 4) is 28.5 Å². The standard InChI is InChI=1S/C22H14Cl3F3N4OS/c1-34-18-16(19-29-30-20(33-19)21(8-9-21)22(26,27)28)31-32(15-7-6-13(24)10-14(15)25)17(18)11-2-4-12(23)5-3-11/h2-7,10H,8-9H2,1H3. The second-order valence-corrected chi connectivity index (χ2v) is 9.83. The lowest BCUT2D eigenvalue weighted by atomic mass is 10.1. The van der Waals surface area contributed by atoms with Crippen LogP contribution in [0.2, 0.25) is 15.1 Å². The van der Waals surface area contributed by atoms with Crippen molar-refractivity contribution in [1.29, 1.82) is 0 Å². The molecule has 1 aliphatic rings. The first-order valence-electron chi connectivity index (χ1n) is 9.94. The molecule has 0 bridgehead atoms. The number of hydrogen-bond donors (Lipinski definition) is 0. The van der Waals surface area contributed by atoms with Crippen LogP contribution in [0.5, 0.6) is 0 Å². The van der Waals surface area contributed by atoms with E-state index in [0.29, 0.717) is 31.3 Å². The van der Waals surface area contributed by atoms with Crippen LogP contribution in [0, 0.1) is 0 Å². The van der Waals surface area contributed by atoms with E-state index in [1.165, 1.54) is 11.8 Å². The highest BCUT2D eigenvalue weighted by Gasteiger charge is 2.68. The summed E-state index contributed by atoms with van der Waals surface area (Å²) < 4.78 is 47.9. The molecule has 2 aromatic heterocycles. The molecule has 1 fully saturated rings. The Morgan fingerprint density at radius 3 is 2.26 bits per heavy atom. The highest BCUT2D eigenvalue weighted by Crippen LogP contribution is 2.58. The topological polar surface area (TPSA) is 56.7 Å². The molecule has 0 N–H and O–H groups in total. The van der Waals surface area contributed by atoms with Crippen molar-refractivity contribution in [3.05, 3.63) is 63.4 Å². The lowest BCUT2D eigenvalue weighted by Crippen LogP contribution is -2.28. The third-order valence-electron chi connectivity index (χ3n) is 5.63. The van der Waals surface area contributed by atoms with Gasteiger partial charge in [-0.05, 0) is 49.4 Å². The van der Waals surface area contributed by atoms with Crippen LogP contribution in [-0.4, -0.2) is 32.4 Å². The maximum atomic E-state index is 13.6. The molecule has 0 saturated heterocycles. The highest BCUT2D eigenvalue weighted by molar-refractivity contribution is 7.98. The summed E-state index contributed by atoms with van der Waals surface area (Å²) in [6.45, 7) is 0. The van der Waals surface area contributed by atoms with Crippen molar-refractivity contribution in [2.45, 2.75) is 29.3 Å². The van der Waals surface area contributed by atoms with Gasteiger partial charge in [0.05, 0.1) is 21.3 Å². The fraction of sp³-hybridized carbons (Fsp3) is 0.227. The molecule has 12 heteroatoms. The zero-order valence-corrected chi connectivity index (χ0v) is 20.4. The molecule has 5 nitrogen and oxygen atoms in total. The van der Waals surface area contributed by atoms with Gasteiger partial charge in [-0.15, -0.1) is 22.0 Å². The summed E-state index contributed by atoms with van der Waals surface area (Å²) in [4.78, 5) is 0.625. The van der Waals surface area contributed by atoms with Crippen molar-refractivity contribution in [2.24, 2.45) is 0 Å². The van der Waals surface area contributed by atoms with Gasteiger partial charge in [-0.1, -0.05) is 46.9 Å². The molecule has 0 amide bonds. The highest BCUT2D eigenvalue weighted by atomic mass is 35.5. The lowest BCUT2D eigenvalue weighted by Gasteiger charge is -2.14. The zero-order chi connectivity index (χ0) is 24.3. The van der Waals surface area contributed by atoms with E-state index in [9.17, 15) is 13.2 Å². The van der Waals surface area contributed by atoms with Gasteiger partial charge in [-0.25, -0.2) is 4.68 Å². The number of nitrogens with zero attached hydrogens (tertiary/aromatic N) is 4. The van der Waals surface area contributed by atoms with E-state index in [-0.39, 0.29) is 24.4 Å². The van der Waals surface area contributed by atoms with Crippen LogP contribution in [0.1, 0.15) is 18.7 Å². The Labute approximate surface area is 211 Å². The molecule has 0 spiro atoms. The van der Waals surface area contributed by atoms with Crippen molar-refractivity contribution in [1.82, 2.24) is 20.0 Å². The van der Waals surface area contributed by atoms with Crippen LogP contribution in [0.15, 0.2) is 51.8 Å². The second kappa shape index (κ2) is 8.48. The molecule has 0 radical (unpaired) electrons. The van der Waals surface area contributed by atoms with Crippen molar-refractivity contribution in [2.75, 3.05) is 6.26 Å². The van der Waals surface area contributed by atoms with Gasteiger partial charge in [0.2, 0.25) is 5.89 Å². The predicted octanol–water partition coefficient (Wildman–Crippen LogP) is 7.87. The summed E-state index contributed by atoms with van der Waals surface area (Å²) in [6.07, 6.45) is -2.82. The number of aromatic nitrogens is 4. The molecule has 0 atom stereocenters. The van der Waals surface area contributed by atoms with Gasteiger partial charge < -0.3 is 4.42 Å². The van der Waals surface area contributed by atoms with E-state index in [1.807, 2.05) is 18.4 Å². The van der Waals surface area contributed by atoms with Crippen LogP contribution in [0.25, 0.3) is 28.5 Å². The van der Waals surface area contributed by atoms with Crippen LogP contribution in [-0.2, 0) is 5.41 Å². The van der Waals surface area contributed by atoms with Gasteiger partial charge in [-0.2, -0.15) is 18.3 Å². The average molecular weight is 546 g/mol. The largest absolute Gasteiger partial charge is 0.418 e. The summed E-state index contributed by atoms with van der Waals surface area (Å²) in [5.41, 5.74) is 0.0810. The molecule has 0 unspecified atom stereocenters. The van der Waals surface area contributed by atoms with Crippen molar-refractivity contribution in [3.63, 3.8) is 0 Å². The molecule has 1 saturated carbocycles. The summed E-state index contributed by atoms with van der Waals surface area (Å²) in [5, 5.41) is 13.6. The average Bonchev–Trinajstić information content (AvgIpc) is 3.32. The van der Waals surface area contributed by atoms with Crippen molar-refractivity contribution < 1.29 is 17.6 Å². The fourth-order valence-electron chi connectivity index (χ4n) is 3.68. The summed E-state index contributed by atoms with van der Waals surface area (Å²) in [5.74, 6) is -0.553. The minimum absolute atomic E-state index is 0.0850. The number of rotatable bonds is 5. The molecule has 176 valence electrons. The minimum atomic E-state index is -4.47. The second-order valence-electron chi connectivity index (χ2n) is 7.74. The van der Waals surface area contributed by atoms with Gasteiger partial charge in [0.15, 0.2) is 5.69 Å². The Hall–Kier alpha value is -2.20. The first kappa shape index (κ1) is 23.5. The summed E-state index contributed by atoms with van der Waals surface area (Å²) in [7, 11) is 0. The normalized spacial score (nSPS) is 15.0. The Morgan fingerprint density at radius 2 is 1.68 bits per heavy atom. The summed E-state index contributed by atoms with van der Waals surface area (Å²) >= 11 is 20.0. The van der Waals surface area contributed by atoms with Gasteiger partial charge in [-0.3, -0.25) is 0 Å². The van der Waals surface area contributed by atoms with Gasteiger partial charge in [0.1, 0.15) is 5.41 Å². The molecular formula is C22H14Cl3F3N4OS. The van der Waals surface area contributed by atoms with Crippen molar-refractivity contribution >= 4 is 46.6 Å². The third kappa shape index (κ3) is 3.88. The Balaban J connectivity index is 1.71. The maximum Gasteiger partial charge on any atom is 0.403 e. The van der Waals surface area contributed by atoms with E-state index in [2.05, 4.69) is 15.3 Å². The molecule has 4 aromatic rings. The predicted molar refractivity (Wildman–Crippen MR) is 126 cm³/mol. The quantitative estimate of drug-likeness (QED) is 0.239.